The summed E-state index contributed by atoms with van der Waals surface area (Å²) in [5, 5.41) is 22.8. The maximum atomic E-state index is 12.9. The first-order chi connectivity index (χ1) is 15.7. The monoisotopic (exact) mass is 450 g/mol. The molecule has 0 unspecified atom stereocenters. The van der Waals surface area contributed by atoms with E-state index in [4.69, 9.17) is 0 Å². The van der Waals surface area contributed by atoms with Gasteiger partial charge in [-0.25, -0.2) is 4.98 Å². The van der Waals surface area contributed by atoms with Gasteiger partial charge in [0.2, 0.25) is 0 Å². The summed E-state index contributed by atoms with van der Waals surface area (Å²) in [5.41, 5.74) is 2.47. The molecule has 2 aromatic carbocycles. The summed E-state index contributed by atoms with van der Waals surface area (Å²) in [4.78, 5) is 22.7. The highest BCUT2D eigenvalue weighted by Crippen LogP contribution is 2.40. The molecule has 7 nitrogen and oxygen atoms in total. The standard InChI is InChI=1S/C26H34N4O3/c1-16(2)23(29-25(33)24-27-21-9-8-20(32)13-22(21)28-24)15-30-11-10-26(4,17(3)14-30)18-6-5-7-19(31)12-18/h5-9,12-13,16-17,23,31-32H,10-11,14-15H2,1-4H3,(H,27,28)(H,29,33)/t17-,23+,26+/m0/s1. The third kappa shape index (κ3) is 4.83. The van der Waals surface area contributed by atoms with Crippen LogP contribution in [0.2, 0.25) is 0 Å². The number of rotatable bonds is 6. The molecule has 0 spiro atoms. The maximum absolute atomic E-state index is 12.9. The van der Waals surface area contributed by atoms with Crippen LogP contribution in [0.1, 0.15) is 50.3 Å². The molecule has 33 heavy (non-hydrogen) atoms. The minimum absolute atomic E-state index is 0.00561. The van der Waals surface area contributed by atoms with Gasteiger partial charge in [0.1, 0.15) is 11.5 Å². The van der Waals surface area contributed by atoms with Gasteiger partial charge >= 0.3 is 0 Å². The fraction of sp³-hybridized carbons (Fsp3) is 0.462. The molecule has 0 aliphatic carbocycles. The zero-order valence-electron chi connectivity index (χ0n) is 19.8. The van der Waals surface area contributed by atoms with Crippen LogP contribution < -0.4 is 5.32 Å². The van der Waals surface area contributed by atoms with Crippen molar-refractivity contribution in [2.75, 3.05) is 19.6 Å². The van der Waals surface area contributed by atoms with Gasteiger partial charge in [-0.15, -0.1) is 0 Å². The zero-order valence-corrected chi connectivity index (χ0v) is 19.8. The maximum Gasteiger partial charge on any atom is 0.287 e. The van der Waals surface area contributed by atoms with Gasteiger partial charge in [0.25, 0.3) is 5.91 Å². The SMILES string of the molecule is CC(C)[C@@H](CN1CC[C@@](C)(c2cccc(O)c2)[C@@H](C)C1)NC(=O)c1nc2ccc(O)cc2[nH]1. The van der Waals surface area contributed by atoms with Crippen molar-refractivity contribution in [1.82, 2.24) is 20.2 Å². The van der Waals surface area contributed by atoms with Crippen LogP contribution >= 0.6 is 0 Å². The summed E-state index contributed by atoms with van der Waals surface area (Å²) in [6.45, 7) is 11.4. The van der Waals surface area contributed by atoms with Crippen LogP contribution in [0, 0.1) is 11.8 Å². The molecule has 3 atom stereocenters. The molecular weight excluding hydrogens is 416 g/mol. The van der Waals surface area contributed by atoms with Crippen molar-refractivity contribution in [3.8, 4) is 11.5 Å². The second-order valence-electron chi connectivity index (χ2n) is 9.99. The van der Waals surface area contributed by atoms with Gasteiger partial charge in [-0.3, -0.25) is 4.79 Å². The summed E-state index contributed by atoms with van der Waals surface area (Å²) >= 11 is 0. The molecular formula is C26H34N4O3. The first kappa shape index (κ1) is 23.1. The number of benzene rings is 2. The second-order valence-corrected chi connectivity index (χ2v) is 9.99. The third-order valence-corrected chi connectivity index (χ3v) is 7.33. The molecule has 3 aromatic rings. The molecule has 1 aromatic heterocycles. The fourth-order valence-electron chi connectivity index (χ4n) is 4.82. The smallest absolute Gasteiger partial charge is 0.287 e. The number of phenols is 2. The molecule has 1 aliphatic rings. The third-order valence-electron chi connectivity index (χ3n) is 7.33. The predicted octanol–water partition coefficient (Wildman–Crippen LogP) is 4.03. The Balaban J connectivity index is 1.42. The highest BCUT2D eigenvalue weighted by atomic mass is 16.3. The fourth-order valence-corrected chi connectivity index (χ4v) is 4.82. The number of H-pyrrole nitrogens is 1. The van der Waals surface area contributed by atoms with Crippen molar-refractivity contribution >= 4 is 16.9 Å². The molecule has 2 heterocycles. The van der Waals surface area contributed by atoms with Gasteiger partial charge in [0.15, 0.2) is 5.82 Å². The van der Waals surface area contributed by atoms with Crippen LogP contribution in [-0.4, -0.2) is 56.7 Å². The van der Waals surface area contributed by atoms with Crippen LogP contribution in [0.5, 0.6) is 11.5 Å². The Morgan fingerprint density at radius 2 is 2.00 bits per heavy atom. The van der Waals surface area contributed by atoms with Gasteiger partial charge in [-0.1, -0.05) is 39.8 Å². The lowest BCUT2D eigenvalue weighted by atomic mass is 9.68. The highest BCUT2D eigenvalue weighted by molar-refractivity contribution is 5.94. The number of carbonyl (C=O) groups excluding carboxylic acids is 1. The largest absolute Gasteiger partial charge is 0.508 e. The Hall–Kier alpha value is -3.06. The number of aromatic nitrogens is 2. The van der Waals surface area contributed by atoms with E-state index in [1.807, 2.05) is 12.1 Å². The zero-order chi connectivity index (χ0) is 23.8. The van der Waals surface area contributed by atoms with Crippen molar-refractivity contribution in [3.63, 3.8) is 0 Å². The summed E-state index contributed by atoms with van der Waals surface area (Å²) in [6, 6.07) is 12.4. The molecule has 1 aliphatic heterocycles. The summed E-state index contributed by atoms with van der Waals surface area (Å²) < 4.78 is 0. The quantitative estimate of drug-likeness (QED) is 0.454. The lowest BCUT2D eigenvalue weighted by Gasteiger charge is -2.46. The average molecular weight is 451 g/mol. The number of carbonyl (C=O) groups is 1. The lowest BCUT2D eigenvalue weighted by Crippen LogP contribution is -2.53. The van der Waals surface area contributed by atoms with E-state index in [9.17, 15) is 15.0 Å². The number of imidazole rings is 1. The first-order valence-electron chi connectivity index (χ1n) is 11.7. The Bertz CT molecular complexity index is 1140. The molecule has 0 radical (unpaired) electrons. The van der Waals surface area contributed by atoms with Crippen LogP contribution in [0.4, 0.5) is 0 Å². The number of phenolic OH excluding ortho intramolecular Hbond substituents is 2. The van der Waals surface area contributed by atoms with E-state index in [-0.39, 0.29) is 34.9 Å². The minimum atomic E-state index is -0.237. The molecule has 7 heteroatoms. The number of nitrogens with zero attached hydrogens (tertiary/aromatic N) is 2. The van der Waals surface area contributed by atoms with E-state index in [2.05, 4.69) is 53.9 Å². The van der Waals surface area contributed by atoms with Crippen molar-refractivity contribution in [2.24, 2.45) is 11.8 Å². The summed E-state index contributed by atoms with van der Waals surface area (Å²) in [7, 11) is 0. The molecule has 1 saturated heterocycles. The van der Waals surface area contributed by atoms with E-state index in [0.29, 0.717) is 22.7 Å². The van der Waals surface area contributed by atoms with Crippen molar-refractivity contribution in [1.29, 1.82) is 0 Å². The van der Waals surface area contributed by atoms with Crippen LogP contribution in [0.15, 0.2) is 42.5 Å². The number of hydrogen-bond donors (Lipinski definition) is 4. The van der Waals surface area contributed by atoms with E-state index in [0.717, 1.165) is 26.1 Å². The normalized spacial score (nSPS) is 22.5. The number of aromatic amines is 1. The lowest BCUT2D eigenvalue weighted by molar-refractivity contribution is 0.0809. The van der Waals surface area contributed by atoms with Crippen LogP contribution in [0.25, 0.3) is 11.0 Å². The molecule has 0 saturated carbocycles. The van der Waals surface area contributed by atoms with Crippen molar-refractivity contribution in [2.45, 2.75) is 45.6 Å². The summed E-state index contributed by atoms with van der Waals surface area (Å²) in [5.74, 6) is 1.13. The Morgan fingerprint density at radius 3 is 2.70 bits per heavy atom. The highest BCUT2D eigenvalue weighted by Gasteiger charge is 2.38. The predicted molar refractivity (Wildman–Crippen MR) is 130 cm³/mol. The van der Waals surface area contributed by atoms with Crippen LogP contribution in [0.3, 0.4) is 0 Å². The molecule has 4 N–H and O–H groups in total. The number of aromatic hydroxyl groups is 2. The number of nitrogens with one attached hydrogen (secondary N) is 2. The Morgan fingerprint density at radius 1 is 1.24 bits per heavy atom. The van der Waals surface area contributed by atoms with E-state index in [1.165, 1.54) is 5.56 Å². The molecule has 176 valence electrons. The number of hydrogen-bond acceptors (Lipinski definition) is 5. The molecule has 0 bridgehead atoms. The van der Waals surface area contributed by atoms with Gasteiger partial charge in [-0.05, 0) is 60.0 Å². The van der Waals surface area contributed by atoms with E-state index < -0.39 is 0 Å². The number of piperidine rings is 1. The molecule has 4 rings (SSSR count). The molecule has 1 fully saturated rings. The number of amides is 1. The van der Waals surface area contributed by atoms with Gasteiger partial charge in [0.05, 0.1) is 11.0 Å². The number of fused-ring (bicyclic) bond motifs is 1. The number of likely N-dealkylation sites (tertiary alicyclic amines) is 1. The molecule has 1 amide bonds. The van der Waals surface area contributed by atoms with Gasteiger partial charge in [-0.2, -0.15) is 0 Å². The summed E-state index contributed by atoms with van der Waals surface area (Å²) in [6.07, 6.45) is 0.990. The minimum Gasteiger partial charge on any atom is -0.508 e. The topological polar surface area (TPSA) is 101 Å². The Labute approximate surface area is 194 Å². The van der Waals surface area contributed by atoms with Gasteiger partial charge in [0, 0.05) is 25.2 Å². The van der Waals surface area contributed by atoms with E-state index >= 15 is 0 Å². The van der Waals surface area contributed by atoms with Crippen molar-refractivity contribution < 1.29 is 15.0 Å². The second kappa shape index (κ2) is 9.06. The van der Waals surface area contributed by atoms with Crippen LogP contribution in [-0.2, 0) is 5.41 Å². The first-order valence-corrected chi connectivity index (χ1v) is 11.7. The van der Waals surface area contributed by atoms with E-state index in [1.54, 1.807) is 24.3 Å². The van der Waals surface area contributed by atoms with Crippen molar-refractivity contribution in [3.05, 3.63) is 53.9 Å². The average Bonchev–Trinajstić information content (AvgIpc) is 3.19. The Kier molecular flexibility index (Phi) is 6.34. The van der Waals surface area contributed by atoms with Gasteiger partial charge < -0.3 is 25.4 Å².